The first-order valence-electron chi connectivity index (χ1n) is 7.20. The van der Waals surface area contributed by atoms with Gasteiger partial charge in [0, 0.05) is 25.6 Å². The van der Waals surface area contributed by atoms with E-state index in [0.29, 0.717) is 12.5 Å². The van der Waals surface area contributed by atoms with Gasteiger partial charge in [-0.2, -0.15) is 0 Å². The molecule has 6 heteroatoms. The Hall–Kier alpha value is -0.980. The molecule has 0 radical (unpaired) electrons. The molecule has 2 saturated heterocycles. The molecule has 0 bridgehead atoms. The number of hydrogen-bond donors (Lipinski definition) is 1. The van der Waals surface area contributed by atoms with Gasteiger partial charge < -0.3 is 15.2 Å². The Morgan fingerprint density at radius 2 is 2.26 bits per heavy atom. The molecule has 2 fully saturated rings. The zero-order chi connectivity index (χ0) is 13.1. The number of nitrogens with zero attached hydrogens (tertiary/aromatic N) is 3. The molecule has 0 aromatic carbocycles. The molecule has 2 aliphatic heterocycles. The molecule has 0 aliphatic carbocycles. The Balaban J connectivity index is 1.80. The minimum atomic E-state index is 0.286. The van der Waals surface area contributed by atoms with Crippen LogP contribution in [0.25, 0.3) is 0 Å². The fourth-order valence-corrected chi connectivity index (χ4v) is 2.98. The predicted octanol–water partition coefficient (Wildman–Crippen LogP) is 0.462. The van der Waals surface area contributed by atoms with Gasteiger partial charge in [-0.05, 0) is 25.8 Å². The molecular weight excluding hydrogens is 244 g/mol. The molecule has 6 nitrogen and oxygen atoms in total. The van der Waals surface area contributed by atoms with Gasteiger partial charge in [0.1, 0.15) is 0 Å². The third-order valence-corrected chi connectivity index (χ3v) is 3.95. The van der Waals surface area contributed by atoms with Crippen molar-refractivity contribution in [3.63, 3.8) is 0 Å². The molecule has 2 atom stereocenters. The van der Waals surface area contributed by atoms with Crippen LogP contribution in [-0.2, 0) is 22.4 Å². The summed E-state index contributed by atoms with van der Waals surface area (Å²) in [5, 5.41) is 8.63. The Bertz CT molecular complexity index is 409. The zero-order valence-corrected chi connectivity index (χ0v) is 11.3. The molecule has 2 aliphatic rings. The monoisotopic (exact) mass is 266 g/mol. The SMILES string of the molecule is NCCc1nnn(CC2CCCO2)c1C1CCOC1. The summed E-state index contributed by atoms with van der Waals surface area (Å²) >= 11 is 0. The van der Waals surface area contributed by atoms with Crippen molar-refractivity contribution in [3.05, 3.63) is 11.4 Å². The fraction of sp³-hybridized carbons (Fsp3) is 0.846. The highest BCUT2D eigenvalue weighted by molar-refractivity contribution is 5.17. The summed E-state index contributed by atoms with van der Waals surface area (Å²) in [5.74, 6) is 0.415. The molecule has 0 amide bonds. The molecule has 3 heterocycles. The van der Waals surface area contributed by atoms with Gasteiger partial charge in [0.15, 0.2) is 0 Å². The van der Waals surface area contributed by atoms with Crippen LogP contribution in [0.15, 0.2) is 0 Å². The molecule has 0 spiro atoms. The number of nitrogens with two attached hydrogens (primary N) is 1. The van der Waals surface area contributed by atoms with Crippen molar-refractivity contribution in [2.24, 2.45) is 5.73 Å². The third kappa shape index (κ3) is 2.80. The molecule has 106 valence electrons. The van der Waals surface area contributed by atoms with Crippen LogP contribution in [0, 0.1) is 0 Å². The van der Waals surface area contributed by atoms with Crippen molar-refractivity contribution in [2.45, 2.75) is 44.2 Å². The van der Waals surface area contributed by atoms with E-state index in [1.165, 1.54) is 5.69 Å². The van der Waals surface area contributed by atoms with E-state index in [4.69, 9.17) is 15.2 Å². The van der Waals surface area contributed by atoms with Crippen LogP contribution in [0.1, 0.15) is 36.6 Å². The lowest BCUT2D eigenvalue weighted by Gasteiger charge is -2.15. The maximum absolute atomic E-state index is 5.70. The van der Waals surface area contributed by atoms with Gasteiger partial charge in [0.2, 0.25) is 0 Å². The van der Waals surface area contributed by atoms with Gasteiger partial charge in [0.25, 0.3) is 0 Å². The second-order valence-electron chi connectivity index (χ2n) is 5.34. The van der Waals surface area contributed by atoms with E-state index in [9.17, 15) is 0 Å². The Morgan fingerprint density at radius 3 is 2.95 bits per heavy atom. The standard InChI is InChI=1S/C13H22N4O2/c14-5-3-12-13(10-4-7-18-9-10)17(16-15-12)8-11-2-1-6-19-11/h10-11H,1-9,14H2. The van der Waals surface area contributed by atoms with Crippen LogP contribution in [-0.4, -0.2) is 47.5 Å². The van der Waals surface area contributed by atoms with E-state index in [2.05, 4.69) is 10.3 Å². The first-order valence-corrected chi connectivity index (χ1v) is 7.20. The van der Waals surface area contributed by atoms with Crippen molar-refractivity contribution in [1.29, 1.82) is 0 Å². The maximum atomic E-state index is 5.70. The molecule has 19 heavy (non-hydrogen) atoms. The molecular formula is C13H22N4O2. The fourth-order valence-electron chi connectivity index (χ4n) is 2.98. The molecule has 1 aromatic rings. The zero-order valence-electron chi connectivity index (χ0n) is 11.3. The first kappa shape index (κ1) is 13.0. The lowest BCUT2D eigenvalue weighted by atomic mass is 10.0. The van der Waals surface area contributed by atoms with Gasteiger partial charge >= 0.3 is 0 Å². The van der Waals surface area contributed by atoms with Crippen LogP contribution >= 0.6 is 0 Å². The molecule has 3 rings (SSSR count). The highest BCUT2D eigenvalue weighted by Crippen LogP contribution is 2.28. The summed E-state index contributed by atoms with van der Waals surface area (Å²) in [6.45, 7) is 3.90. The van der Waals surface area contributed by atoms with Crippen molar-refractivity contribution < 1.29 is 9.47 Å². The van der Waals surface area contributed by atoms with E-state index >= 15 is 0 Å². The summed E-state index contributed by atoms with van der Waals surface area (Å²) in [5.41, 5.74) is 7.93. The van der Waals surface area contributed by atoms with Crippen LogP contribution < -0.4 is 5.73 Å². The lowest BCUT2D eigenvalue weighted by molar-refractivity contribution is 0.0922. The topological polar surface area (TPSA) is 75.2 Å². The van der Waals surface area contributed by atoms with Crippen molar-refractivity contribution in [1.82, 2.24) is 15.0 Å². The highest BCUT2D eigenvalue weighted by atomic mass is 16.5. The summed E-state index contributed by atoms with van der Waals surface area (Å²) in [7, 11) is 0. The van der Waals surface area contributed by atoms with Gasteiger partial charge in [-0.15, -0.1) is 5.10 Å². The van der Waals surface area contributed by atoms with E-state index in [1.54, 1.807) is 0 Å². The van der Waals surface area contributed by atoms with Crippen molar-refractivity contribution in [2.75, 3.05) is 26.4 Å². The first-order chi connectivity index (χ1) is 9.38. The van der Waals surface area contributed by atoms with Crippen LogP contribution in [0.3, 0.4) is 0 Å². The number of aromatic nitrogens is 3. The second-order valence-corrected chi connectivity index (χ2v) is 5.34. The second kappa shape index (κ2) is 5.98. The van der Waals surface area contributed by atoms with Crippen LogP contribution in [0.2, 0.25) is 0 Å². The third-order valence-electron chi connectivity index (χ3n) is 3.95. The molecule has 2 unspecified atom stereocenters. The normalized spacial score (nSPS) is 27.2. The lowest BCUT2D eigenvalue weighted by Crippen LogP contribution is -2.20. The number of ether oxygens (including phenoxy) is 2. The Morgan fingerprint density at radius 1 is 1.32 bits per heavy atom. The van der Waals surface area contributed by atoms with E-state index in [-0.39, 0.29) is 6.10 Å². The van der Waals surface area contributed by atoms with Gasteiger partial charge in [-0.3, -0.25) is 0 Å². The van der Waals surface area contributed by atoms with Gasteiger partial charge in [0.05, 0.1) is 30.6 Å². The Kier molecular flexibility index (Phi) is 4.10. The van der Waals surface area contributed by atoms with Crippen LogP contribution in [0.5, 0.6) is 0 Å². The van der Waals surface area contributed by atoms with Gasteiger partial charge in [-0.1, -0.05) is 5.21 Å². The van der Waals surface area contributed by atoms with E-state index in [1.807, 2.05) is 4.68 Å². The van der Waals surface area contributed by atoms with Crippen molar-refractivity contribution in [3.8, 4) is 0 Å². The summed E-state index contributed by atoms with van der Waals surface area (Å²) in [6.07, 6.45) is 4.39. The Labute approximate surface area is 113 Å². The average molecular weight is 266 g/mol. The van der Waals surface area contributed by atoms with Gasteiger partial charge in [-0.25, -0.2) is 4.68 Å². The molecule has 0 saturated carbocycles. The maximum Gasteiger partial charge on any atom is 0.0875 e. The summed E-state index contributed by atoms with van der Waals surface area (Å²) < 4.78 is 13.2. The van der Waals surface area contributed by atoms with Crippen molar-refractivity contribution >= 4 is 0 Å². The minimum absolute atomic E-state index is 0.286. The average Bonchev–Trinajstić information content (AvgIpc) is 3.11. The minimum Gasteiger partial charge on any atom is -0.381 e. The largest absolute Gasteiger partial charge is 0.381 e. The summed E-state index contributed by atoms with van der Waals surface area (Å²) in [6, 6.07) is 0. The van der Waals surface area contributed by atoms with E-state index < -0.39 is 0 Å². The highest BCUT2D eigenvalue weighted by Gasteiger charge is 2.27. The smallest absolute Gasteiger partial charge is 0.0875 e. The predicted molar refractivity (Wildman–Crippen MR) is 69.9 cm³/mol. The number of hydrogen-bond acceptors (Lipinski definition) is 5. The number of rotatable bonds is 5. The van der Waals surface area contributed by atoms with Crippen LogP contribution in [0.4, 0.5) is 0 Å². The molecule has 2 N–H and O–H groups in total. The molecule has 1 aromatic heterocycles. The quantitative estimate of drug-likeness (QED) is 0.838. The summed E-state index contributed by atoms with van der Waals surface area (Å²) in [4.78, 5) is 0. The van der Waals surface area contributed by atoms with E-state index in [0.717, 1.165) is 57.7 Å².